The molecule has 0 N–H and O–H groups in total. The quantitative estimate of drug-likeness (QED) is 0.691. The average molecular weight is 272 g/mol. The Kier molecular flexibility index (Phi) is 4.27. The smallest absolute Gasteiger partial charge is 0.0845 e. The lowest BCUT2D eigenvalue weighted by molar-refractivity contribution is 0.268. The lowest BCUT2D eigenvalue weighted by Gasteiger charge is -2.42. The third-order valence-electron chi connectivity index (χ3n) is 4.63. The predicted molar refractivity (Wildman–Crippen MR) is 86.2 cm³/mol. The molecule has 1 aliphatic rings. The zero-order chi connectivity index (χ0) is 14.8. The fourth-order valence-electron chi connectivity index (χ4n) is 3.11. The van der Waals surface area contributed by atoms with Gasteiger partial charge < -0.3 is 4.74 Å². The summed E-state index contributed by atoms with van der Waals surface area (Å²) in [5.74, 6) is 0. The molecule has 0 aromatic heterocycles. The summed E-state index contributed by atoms with van der Waals surface area (Å²) in [6, 6.07) is 7.03. The monoisotopic (exact) mass is 272 g/mol. The van der Waals surface area contributed by atoms with E-state index in [9.17, 15) is 0 Å². The van der Waals surface area contributed by atoms with Gasteiger partial charge in [0.15, 0.2) is 0 Å². The van der Waals surface area contributed by atoms with Gasteiger partial charge in [-0.3, -0.25) is 0 Å². The molecule has 0 radical (unpaired) electrons. The zero-order valence-corrected chi connectivity index (χ0v) is 13.6. The number of fused-ring (bicyclic) bond motifs is 1. The molecule has 1 aromatic rings. The van der Waals surface area contributed by atoms with Gasteiger partial charge in [-0.2, -0.15) is 0 Å². The number of hydrogen-bond acceptors (Lipinski definition) is 1. The molecule has 0 amide bonds. The summed E-state index contributed by atoms with van der Waals surface area (Å²) in [5.41, 5.74) is 5.06. The van der Waals surface area contributed by atoms with E-state index in [-0.39, 0.29) is 0 Å². The van der Waals surface area contributed by atoms with Gasteiger partial charge in [-0.25, -0.2) is 0 Å². The average Bonchev–Trinajstić information content (AvgIpc) is 2.40. The molecule has 0 aliphatic heterocycles. The van der Waals surface area contributed by atoms with Crippen molar-refractivity contribution in [3.05, 3.63) is 47.2 Å². The second-order valence-corrected chi connectivity index (χ2v) is 7.18. The summed E-state index contributed by atoms with van der Waals surface area (Å²) >= 11 is 0. The van der Waals surface area contributed by atoms with Crippen LogP contribution in [-0.4, -0.2) is 6.61 Å². The Balaban J connectivity index is 2.29. The standard InChI is InChI=1S/C19H28O/c1-6-20-13-7-8-15-9-10-16-17(14-15)19(4,5)12-11-18(16,2)3/h7,9-10,13-14H,6,8,11-12H2,1-5H3/b13-7+. The minimum absolute atomic E-state index is 0.296. The number of hydrogen-bond donors (Lipinski definition) is 0. The molecule has 0 heterocycles. The largest absolute Gasteiger partial charge is 0.502 e. The van der Waals surface area contributed by atoms with Crippen LogP contribution in [-0.2, 0) is 22.0 Å². The van der Waals surface area contributed by atoms with Crippen LogP contribution in [0.2, 0.25) is 0 Å². The summed E-state index contributed by atoms with van der Waals surface area (Å²) in [7, 11) is 0. The van der Waals surface area contributed by atoms with Crippen LogP contribution in [0.15, 0.2) is 30.5 Å². The third-order valence-corrected chi connectivity index (χ3v) is 4.63. The molecule has 1 aliphatic carbocycles. The highest BCUT2D eigenvalue weighted by molar-refractivity contribution is 5.43. The molecule has 0 spiro atoms. The van der Waals surface area contributed by atoms with E-state index >= 15 is 0 Å². The van der Waals surface area contributed by atoms with Gasteiger partial charge in [-0.1, -0.05) is 45.9 Å². The first-order valence-corrected chi connectivity index (χ1v) is 7.77. The van der Waals surface area contributed by atoms with Crippen molar-refractivity contribution in [2.24, 2.45) is 0 Å². The molecule has 1 heteroatoms. The highest BCUT2D eigenvalue weighted by atomic mass is 16.5. The Morgan fingerprint density at radius 3 is 2.35 bits per heavy atom. The summed E-state index contributed by atoms with van der Waals surface area (Å²) in [5, 5.41) is 0. The SMILES string of the molecule is CCO/C=C/Cc1ccc2c(c1)C(C)(C)CCC2(C)C. The first-order valence-electron chi connectivity index (χ1n) is 7.77. The second kappa shape index (κ2) is 5.63. The van der Waals surface area contributed by atoms with Crippen molar-refractivity contribution in [3.63, 3.8) is 0 Å². The molecular formula is C19H28O. The third kappa shape index (κ3) is 3.08. The summed E-state index contributed by atoms with van der Waals surface area (Å²) in [4.78, 5) is 0. The van der Waals surface area contributed by atoms with Gasteiger partial charge in [0, 0.05) is 0 Å². The second-order valence-electron chi connectivity index (χ2n) is 7.18. The molecule has 0 saturated carbocycles. The van der Waals surface area contributed by atoms with E-state index in [0.717, 1.165) is 13.0 Å². The molecule has 110 valence electrons. The van der Waals surface area contributed by atoms with Gasteiger partial charge in [-0.05, 0) is 59.8 Å². The van der Waals surface area contributed by atoms with Crippen molar-refractivity contribution < 1.29 is 4.74 Å². The molecule has 1 nitrogen and oxygen atoms in total. The van der Waals surface area contributed by atoms with Gasteiger partial charge in [0.05, 0.1) is 12.9 Å². The zero-order valence-electron chi connectivity index (χ0n) is 13.6. The minimum Gasteiger partial charge on any atom is -0.502 e. The first kappa shape index (κ1) is 15.2. The van der Waals surface area contributed by atoms with Crippen LogP contribution in [0.3, 0.4) is 0 Å². The lowest BCUT2D eigenvalue weighted by Crippen LogP contribution is -2.33. The molecular weight excluding hydrogens is 244 g/mol. The van der Waals surface area contributed by atoms with E-state index in [1.54, 1.807) is 0 Å². The van der Waals surface area contributed by atoms with E-state index in [1.807, 2.05) is 13.2 Å². The molecule has 0 bridgehead atoms. The number of benzene rings is 1. The Hall–Kier alpha value is -1.24. The normalized spacial score (nSPS) is 19.9. The van der Waals surface area contributed by atoms with Crippen LogP contribution in [0.4, 0.5) is 0 Å². The highest BCUT2D eigenvalue weighted by Crippen LogP contribution is 2.45. The summed E-state index contributed by atoms with van der Waals surface area (Å²) in [6.07, 6.45) is 7.41. The van der Waals surface area contributed by atoms with Gasteiger partial charge in [-0.15, -0.1) is 0 Å². The minimum atomic E-state index is 0.296. The molecule has 0 fully saturated rings. The predicted octanol–water partition coefficient (Wildman–Crippen LogP) is 5.13. The fraction of sp³-hybridized carbons (Fsp3) is 0.579. The maximum Gasteiger partial charge on any atom is 0.0845 e. The van der Waals surface area contributed by atoms with E-state index < -0.39 is 0 Å². The van der Waals surface area contributed by atoms with Crippen LogP contribution < -0.4 is 0 Å². The van der Waals surface area contributed by atoms with Crippen molar-refractivity contribution in [2.75, 3.05) is 6.61 Å². The van der Waals surface area contributed by atoms with Crippen molar-refractivity contribution in [1.29, 1.82) is 0 Å². The first-order chi connectivity index (χ1) is 9.37. The van der Waals surface area contributed by atoms with Crippen molar-refractivity contribution in [1.82, 2.24) is 0 Å². The van der Waals surface area contributed by atoms with E-state index in [4.69, 9.17) is 4.74 Å². The van der Waals surface area contributed by atoms with E-state index in [0.29, 0.717) is 10.8 Å². The van der Waals surface area contributed by atoms with Crippen molar-refractivity contribution in [2.45, 2.75) is 64.7 Å². The topological polar surface area (TPSA) is 9.23 Å². The highest BCUT2D eigenvalue weighted by Gasteiger charge is 2.36. The number of allylic oxidation sites excluding steroid dienone is 1. The van der Waals surface area contributed by atoms with Crippen molar-refractivity contribution in [3.8, 4) is 0 Å². The summed E-state index contributed by atoms with van der Waals surface area (Å²) in [6.45, 7) is 12.2. The fourth-order valence-corrected chi connectivity index (χ4v) is 3.11. The van der Waals surface area contributed by atoms with E-state index in [1.165, 1.54) is 29.5 Å². The Bertz CT molecular complexity index is 494. The van der Waals surface area contributed by atoms with Crippen LogP contribution >= 0.6 is 0 Å². The van der Waals surface area contributed by atoms with Gasteiger partial charge in [0.1, 0.15) is 0 Å². The number of rotatable bonds is 4. The molecule has 2 rings (SSSR count). The Morgan fingerprint density at radius 2 is 1.70 bits per heavy atom. The van der Waals surface area contributed by atoms with Gasteiger partial charge in [0.2, 0.25) is 0 Å². The molecule has 0 unspecified atom stereocenters. The maximum atomic E-state index is 5.26. The van der Waals surface area contributed by atoms with Crippen LogP contribution in [0.1, 0.15) is 64.2 Å². The molecule has 20 heavy (non-hydrogen) atoms. The number of ether oxygens (including phenoxy) is 1. The van der Waals surface area contributed by atoms with Gasteiger partial charge in [0.25, 0.3) is 0 Å². The van der Waals surface area contributed by atoms with Crippen LogP contribution in [0, 0.1) is 0 Å². The van der Waals surface area contributed by atoms with Crippen molar-refractivity contribution >= 4 is 0 Å². The summed E-state index contributed by atoms with van der Waals surface area (Å²) < 4.78 is 5.26. The lowest BCUT2D eigenvalue weighted by atomic mass is 9.63. The van der Waals surface area contributed by atoms with Crippen LogP contribution in [0.25, 0.3) is 0 Å². The molecule has 1 aromatic carbocycles. The maximum absolute atomic E-state index is 5.26. The van der Waals surface area contributed by atoms with E-state index in [2.05, 4.69) is 52.0 Å². The molecule has 0 atom stereocenters. The van der Waals surface area contributed by atoms with Crippen LogP contribution in [0.5, 0.6) is 0 Å². The van der Waals surface area contributed by atoms with Gasteiger partial charge >= 0.3 is 0 Å². The Morgan fingerprint density at radius 1 is 1.05 bits per heavy atom. The molecule has 0 saturated heterocycles. The Labute approximate surface area is 124 Å².